The Balaban J connectivity index is 1.84. The summed E-state index contributed by atoms with van der Waals surface area (Å²) in [5.41, 5.74) is 4.07. The summed E-state index contributed by atoms with van der Waals surface area (Å²) in [7, 11) is 0. The van der Waals surface area contributed by atoms with Gasteiger partial charge in [0.1, 0.15) is 12.1 Å². The van der Waals surface area contributed by atoms with Crippen LogP contribution in [0.25, 0.3) is 21.8 Å². The topological polar surface area (TPSA) is 39.9 Å². The van der Waals surface area contributed by atoms with E-state index in [1.807, 2.05) is 29.1 Å². The van der Waals surface area contributed by atoms with E-state index in [9.17, 15) is 0 Å². The molecule has 0 aliphatic heterocycles. The van der Waals surface area contributed by atoms with E-state index < -0.39 is 0 Å². The maximum Gasteiger partial charge on any atom is 0.222 e. The minimum atomic E-state index is -0.192. The first-order chi connectivity index (χ1) is 12.4. The average molecular weight is 345 g/mol. The fourth-order valence-electron chi connectivity index (χ4n) is 3.20. The van der Waals surface area contributed by atoms with E-state index in [-0.39, 0.29) is 5.54 Å². The molecule has 2 aromatic heterocycles. The van der Waals surface area contributed by atoms with Gasteiger partial charge in [0, 0.05) is 11.6 Å². The van der Waals surface area contributed by atoms with Gasteiger partial charge in [-0.2, -0.15) is 5.10 Å². The van der Waals surface area contributed by atoms with Crippen LogP contribution in [-0.2, 0) is 12.1 Å². The summed E-state index contributed by atoms with van der Waals surface area (Å²) < 4.78 is 8.24. The molecule has 4 rings (SSSR count). The van der Waals surface area contributed by atoms with Crippen molar-refractivity contribution in [2.45, 2.75) is 39.8 Å². The van der Waals surface area contributed by atoms with Gasteiger partial charge in [0.15, 0.2) is 0 Å². The molecular formula is C22H23N3O. The number of ether oxygens (including phenoxy) is 1. The number of para-hydroxylation sites is 1. The Kier molecular flexibility index (Phi) is 3.91. The highest BCUT2D eigenvalue weighted by Gasteiger charge is 2.24. The van der Waals surface area contributed by atoms with Gasteiger partial charge in [-0.05, 0) is 39.3 Å². The molecular weight excluding hydrogens is 322 g/mol. The minimum Gasteiger partial charge on any atom is -0.472 e. The number of rotatable bonds is 3. The number of benzene rings is 2. The fraction of sp³-hybridized carbons (Fsp3) is 0.273. The average Bonchev–Trinajstić information content (AvgIpc) is 2.99. The summed E-state index contributed by atoms with van der Waals surface area (Å²) >= 11 is 0. The number of hydrogen-bond acceptors (Lipinski definition) is 3. The van der Waals surface area contributed by atoms with Gasteiger partial charge in [-0.3, -0.25) is 4.98 Å². The van der Waals surface area contributed by atoms with Crippen LogP contribution < -0.4 is 4.74 Å². The summed E-state index contributed by atoms with van der Waals surface area (Å²) in [6.45, 7) is 9.00. The van der Waals surface area contributed by atoms with E-state index >= 15 is 0 Å². The zero-order valence-electron chi connectivity index (χ0n) is 15.7. The molecule has 0 atom stereocenters. The monoisotopic (exact) mass is 345 g/mol. The van der Waals surface area contributed by atoms with Crippen molar-refractivity contribution in [2.75, 3.05) is 0 Å². The number of pyridine rings is 1. The highest BCUT2D eigenvalue weighted by atomic mass is 16.5. The zero-order valence-corrected chi connectivity index (χ0v) is 15.7. The molecule has 0 bridgehead atoms. The summed E-state index contributed by atoms with van der Waals surface area (Å²) in [6.07, 6.45) is 1.87. The smallest absolute Gasteiger partial charge is 0.222 e. The maximum absolute atomic E-state index is 6.27. The van der Waals surface area contributed by atoms with Gasteiger partial charge in [0.2, 0.25) is 5.88 Å². The van der Waals surface area contributed by atoms with Crippen LogP contribution in [0, 0.1) is 6.92 Å². The van der Waals surface area contributed by atoms with Gasteiger partial charge in [-0.25, -0.2) is 4.68 Å². The second kappa shape index (κ2) is 6.13. The Morgan fingerprint density at radius 1 is 1.00 bits per heavy atom. The number of fused-ring (bicyclic) bond motifs is 3. The molecule has 2 heterocycles. The molecule has 0 aliphatic rings. The highest BCUT2D eigenvalue weighted by molar-refractivity contribution is 6.04. The first kappa shape index (κ1) is 16.6. The van der Waals surface area contributed by atoms with Gasteiger partial charge in [-0.15, -0.1) is 0 Å². The molecule has 0 spiro atoms. The Hall–Kier alpha value is -2.88. The second-order valence-electron chi connectivity index (χ2n) is 7.70. The van der Waals surface area contributed by atoms with E-state index in [1.165, 1.54) is 5.56 Å². The SMILES string of the molecule is Cc1cccc(COc2c3cnc4ccccc4c3nn2C(C)(C)C)c1. The summed E-state index contributed by atoms with van der Waals surface area (Å²) in [4.78, 5) is 4.60. The van der Waals surface area contributed by atoms with Gasteiger partial charge in [0.25, 0.3) is 0 Å². The Bertz CT molecular complexity index is 1090. The lowest BCUT2D eigenvalue weighted by molar-refractivity contribution is 0.237. The number of hydrogen-bond donors (Lipinski definition) is 0. The molecule has 132 valence electrons. The first-order valence-electron chi connectivity index (χ1n) is 8.89. The Morgan fingerprint density at radius 3 is 2.58 bits per heavy atom. The predicted molar refractivity (Wildman–Crippen MR) is 106 cm³/mol. The van der Waals surface area contributed by atoms with Crippen molar-refractivity contribution >= 4 is 21.8 Å². The molecule has 0 amide bonds. The summed E-state index contributed by atoms with van der Waals surface area (Å²) in [5.74, 6) is 0.771. The normalized spacial score (nSPS) is 12.0. The highest BCUT2D eigenvalue weighted by Crippen LogP contribution is 2.34. The van der Waals surface area contributed by atoms with E-state index in [4.69, 9.17) is 9.84 Å². The fourth-order valence-corrected chi connectivity index (χ4v) is 3.20. The van der Waals surface area contributed by atoms with Crippen molar-refractivity contribution in [1.82, 2.24) is 14.8 Å². The van der Waals surface area contributed by atoms with Crippen LogP contribution in [-0.4, -0.2) is 14.8 Å². The minimum absolute atomic E-state index is 0.192. The number of aromatic nitrogens is 3. The predicted octanol–water partition coefficient (Wildman–Crippen LogP) is 5.23. The van der Waals surface area contributed by atoms with Crippen LogP contribution in [0.15, 0.2) is 54.7 Å². The van der Waals surface area contributed by atoms with Gasteiger partial charge < -0.3 is 4.74 Å². The molecule has 0 fully saturated rings. The largest absolute Gasteiger partial charge is 0.472 e. The van der Waals surface area contributed by atoms with E-state index in [0.29, 0.717) is 6.61 Å². The quantitative estimate of drug-likeness (QED) is 0.510. The molecule has 4 aromatic rings. The van der Waals surface area contributed by atoms with Crippen LogP contribution in [0.5, 0.6) is 5.88 Å². The lowest BCUT2D eigenvalue weighted by Crippen LogP contribution is -2.24. The van der Waals surface area contributed by atoms with Crippen LogP contribution in [0.4, 0.5) is 0 Å². The molecule has 0 unspecified atom stereocenters. The summed E-state index contributed by atoms with van der Waals surface area (Å²) in [6, 6.07) is 16.5. The van der Waals surface area contributed by atoms with Crippen molar-refractivity contribution in [3.8, 4) is 5.88 Å². The molecule has 0 saturated carbocycles. The zero-order chi connectivity index (χ0) is 18.3. The molecule has 2 aromatic carbocycles. The van der Waals surface area contributed by atoms with Crippen molar-refractivity contribution in [1.29, 1.82) is 0 Å². The molecule has 4 nitrogen and oxygen atoms in total. The number of aryl methyl sites for hydroxylation is 1. The summed E-state index contributed by atoms with van der Waals surface area (Å²) in [5, 5.41) is 6.89. The van der Waals surface area contributed by atoms with Crippen molar-refractivity contribution in [2.24, 2.45) is 0 Å². The Morgan fingerprint density at radius 2 is 1.81 bits per heavy atom. The standard InChI is InChI=1S/C22H23N3O/c1-15-8-7-9-16(12-15)14-26-21-18-13-23-19-11-6-5-10-17(19)20(18)24-25(21)22(2,3)4/h5-13H,14H2,1-4H3. The lowest BCUT2D eigenvalue weighted by atomic mass is 10.1. The molecule has 26 heavy (non-hydrogen) atoms. The van der Waals surface area contributed by atoms with Crippen LogP contribution in [0.2, 0.25) is 0 Å². The van der Waals surface area contributed by atoms with Crippen LogP contribution in [0.3, 0.4) is 0 Å². The van der Waals surface area contributed by atoms with E-state index in [2.05, 4.69) is 63.0 Å². The van der Waals surface area contributed by atoms with Crippen LogP contribution in [0.1, 0.15) is 31.9 Å². The van der Waals surface area contributed by atoms with Crippen molar-refractivity contribution in [3.63, 3.8) is 0 Å². The molecule has 0 aliphatic carbocycles. The molecule has 0 saturated heterocycles. The lowest BCUT2D eigenvalue weighted by Gasteiger charge is -2.22. The van der Waals surface area contributed by atoms with Gasteiger partial charge >= 0.3 is 0 Å². The molecule has 0 radical (unpaired) electrons. The van der Waals surface area contributed by atoms with Crippen LogP contribution >= 0.6 is 0 Å². The third-order valence-corrected chi connectivity index (χ3v) is 4.46. The van der Waals surface area contributed by atoms with Gasteiger partial charge in [0.05, 0.1) is 16.4 Å². The molecule has 4 heteroatoms. The van der Waals surface area contributed by atoms with Crippen molar-refractivity contribution < 1.29 is 4.74 Å². The molecule has 0 N–H and O–H groups in total. The Labute approximate surface area is 153 Å². The maximum atomic E-state index is 6.27. The van der Waals surface area contributed by atoms with Gasteiger partial charge in [-0.1, -0.05) is 48.0 Å². The third kappa shape index (κ3) is 2.92. The van der Waals surface area contributed by atoms with E-state index in [0.717, 1.165) is 33.2 Å². The van der Waals surface area contributed by atoms with E-state index in [1.54, 1.807) is 0 Å². The third-order valence-electron chi connectivity index (χ3n) is 4.46. The second-order valence-corrected chi connectivity index (χ2v) is 7.70. The number of nitrogens with zero attached hydrogens (tertiary/aromatic N) is 3. The first-order valence-corrected chi connectivity index (χ1v) is 8.89. The van der Waals surface area contributed by atoms with Crippen molar-refractivity contribution in [3.05, 3.63) is 65.9 Å².